The molecule has 0 bridgehead atoms. The summed E-state index contributed by atoms with van der Waals surface area (Å²) < 4.78 is 11.3. The molecule has 1 atom stereocenters. The number of hydrogen-bond donors (Lipinski definition) is 1. The molecule has 0 spiro atoms. The first-order chi connectivity index (χ1) is 14.6. The molecule has 0 aromatic heterocycles. The number of para-hydroxylation sites is 1. The van der Waals surface area contributed by atoms with Gasteiger partial charge < -0.3 is 14.4 Å². The highest BCUT2D eigenvalue weighted by Crippen LogP contribution is 2.26. The minimum atomic E-state index is -1.14. The van der Waals surface area contributed by atoms with Crippen molar-refractivity contribution >= 4 is 29.1 Å². The van der Waals surface area contributed by atoms with Gasteiger partial charge in [-0.1, -0.05) is 66.9 Å². The first-order valence-electron chi connectivity index (χ1n) is 10.3. The van der Waals surface area contributed by atoms with Crippen LogP contribution in [0.3, 0.4) is 0 Å². The molecule has 0 radical (unpaired) electrons. The summed E-state index contributed by atoms with van der Waals surface area (Å²) in [5, 5.41) is 3.46. The molecule has 1 N–H and O–H groups in total. The Bertz CT molecular complexity index is 742. The lowest BCUT2D eigenvalue weighted by atomic mass is 10.1. The highest BCUT2D eigenvalue weighted by Gasteiger charge is 2.28. The van der Waals surface area contributed by atoms with E-state index in [9.17, 15) is 4.79 Å². The lowest BCUT2D eigenvalue weighted by Gasteiger charge is -2.33. The number of rotatable bonds is 13. The zero-order valence-electron chi connectivity index (χ0n) is 17.5. The third-order valence-corrected chi connectivity index (χ3v) is 4.88. The van der Waals surface area contributed by atoms with E-state index in [1.807, 2.05) is 61.5 Å². The molecule has 0 aliphatic rings. The van der Waals surface area contributed by atoms with E-state index in [4.69, 9.17) is 32.7 Å². The van der Waals surface area contributed by atoms with E-state index in [1.54, 1.807) is 4.90 Å². The lowest BCUT2D eigenvalue weighted by molar-refractivity contribution is -0.133. The fraction of sp³-hybridized carbons (Fsp3) is 0.435. The van der Waals surface area contributed by atoms with Crippen LogP contribution in [0, 0.1) is 0 Å². The van der Waals surface area contributed by atoms with Gasteiger partial charge in [0.05, 0.1) is 6.61 Å². The Labute approximate surface area is 189 Å². The number of carbonyl (C=O) groups is 1. The molecule has 1 unspecified atom stereocenters. The Morgan fingerprint density at radius 3 is 2.30 bits per heavy atom. The smallest absolute Gasteiger partial charge is 0.257 e. The van der Waals surface area contributed by atoms with E-state index in [0.717, 1.165) is 36.4 Å². The van der Waals surface area contributed by atoms with Crippen molar-refractivity contribution in [3.05, 3.63) is 60.2 Å². The number of hydrogen-bond acceptors (Lipinski definition) is 4. The van der Waals surface area contributed by atoms with Crippen molar-refractivity contribution in [1.82, 2.24) is 10.2 Å². The predicted octanol–water partition coefficient (Wildman–Crippen LogP) is 5.54. The van der Waals surface area contributed by atoms with Crippen LogP contribution in [0.25, 0.3) is 0 Å². The maximum Gasteiger partial charge on any atom is 0.257 e. The molecule has 2 aromatic rings. The van der Waals surface area contributed by atoms with Gasteiger partial charge in [0.25, 0.3) is 5.91 Å². The first kappa shape index (κ1) is 24.5. The van der Waals surface area contributed by atoms with Gasteiger partial charge in [-0.05, 0) is 49.7 Å². The Kier molecular flexibility index (Phi) is 11.0. The second kappa shape index (κ2) is 13.5. The summed E-state index contributed by atoms with van der Waals surface area (Å²) in [4.78, 5) is 13.2. The first-order valence-corrected chi connectivity index (χ1v) is 11.2. The largest absolute Gasteiger partial charge is 0.457 e. The molecule has 0 aliphatic carbocycles. The average molecular weight is 453 g/mol. The highest BCUT2D eigenvalue weighted by molar-refractivity contribution is 6.53. The van der Waals surface area contributed by atoms with Crippen molar-refractivity contribution in [2.24, 2.45) is 0 Å². The van der Waals surface area contributed by atoms with E-state index in [-0.39, 0.29) is 12.1 Å². The van der Waals surface area contributed by atoms with Gasteiger partial charge in [0.15, 0.2) is 4.84 Å². The molecule has 5 nitrogen and oxygen atoms in total. The summed E-state index contributed by atoms with van der Waals surface area (Å²) in [6.07, 6.45) is 1.67. The fourth-order valence-corrected chi connectivity index (χ4v) is 3.22. The van der Waals surface area contributed by atoms with Crippen molar-refractivity contribution in [3.8, 4) is 11.5 Å². The van der Waals surface area contributed by atoms with Crippen LogP contribution >= 0.6 is 23.2 Å². The molecule has 0 aliphatic heterocycles. The third-order valence-electron chi connectivity index (χ3n) is 4.50. The number of nitrogens with one attached hydrogen (secondary N) is 1. The molecular formula is C23H30Cl2N2O3. The lowest BCUT2D eigenvalue weighted by Crippen LogP contribution is -2.46. The van der Waals surface area contributed by atoms with E-state index in [0.29, 0.717) is 19.8 Å². The van der Waals surface area contributed by atoms with Crippen LogP contribution in [0.15, 0.2) is 54.6 Å². The minimum absolute atomic E-state index is 0.350. The van der Waals surface area contributed by atoms with Gasteiger partial charge >= 0.3 is 0 Å². The van der Waals surface area contributed by atoms with Crippen molar-refractivity contribution in [3.63, 3.8) is 0 Å². The number of unbranched alkanes of at least 4 members (excludes halogenated alkanes) is 1. The van der Waals surface area contributed by atoms with Crippen LogP contribution < -0.4 is 10.1 Å². The molecule has 7 heteroatoms. The number of carbonyl (C=O) groups excluding carboxylic acids is 1. The van der Waals surface area contributed by atoms with Gasteiger partial charge in [-0.15, -0.1) is 0 Å². The normalized spacial score (nSPS) is 12.0. The molecule has 0 saturated heterocycles. The molecule has 2 aromatic carbocycles. The number of ether oxygens (including phenoxy) is 2. The fourth-order valence-electron chi connectivity index (χ4n) is 2.97. The number of halogens is 2. The van der Waals surface area contributed by atoms with Gasteiger partial charge in [0.2, 0.25) is 0 Å². The molecule has 164 valence electrons. The van der Waals surface area contributed by atoms with Crippen LogP contribution in [-0.4, -0.2) is 41.9 Å². The summed E-state index contributed by atoms with van der Waals surface area (Å²) >= 11 is 11.9. The van der Waals surface area contributed by atoms with Crippen molar-refractivity contribution in [1.29, 1.82) is 0 Å². The summed E-state index contributed by atoms with van der Waals surface area (Å²) in [6, 6.07) is 17.3. The topological polar surface area (TPSA) is 50.8 Å². The predicted molar refractivity (Wildman–Crippen MR) is 122 cm³/mol. The van der Waals surface area contributed by atoms with Gasteiger partial charge in [-0.25, -0.2) is 0 Å². The van der Waals surface area contributed by atoms with Gasteiger partial charge in [0.1, 0.15) is 17.7 Å². The number of amides is 1. The van der Waals surface area contributed by atoms with E-state index >= 15 is 0 Å². The minimum Gasteiger partial charge on any atom is -0.457 e. The Balaban J connectivity index is 2.22. The zero-order chi connectivity index (χ0) is 21.8. The monoisotopic (exact) mass is 452 g/mol. The molecule has 30 heavy (non-hydrogen) atoms. The summed E-state index contributed by atoms with van der Waals surface area (Å²) in [5.41, 5.74) is 0.922. The average Bonchev–Trinajstić information content (AvgIpc) is 2.76. The van der Waals surface area contributed by atoms with Crippen LogP contribution in [0.5, 0.6) is 11.5 Å². The second-order valence-corrected chi connectivity index (χ2v) is 7.82. The molecular weight excluding hydrogens is 423 g/mol. The van der Waals surface area contributed by atoms with Gasteiger partial charge in [-0.2, -0.15) is 0 Å². The van der Waals surface area contributed by atoms with Crippen molar-refractivity contribution < 1.29 is 14.3 Å². The third kappa shape index (κ3) is 7.80. The van der Waals surface area contributed by atoms with Crippen LogP contribution in [0.4, 0.5) is 0 Å². The summed E-state index contributed by atoms with van der Waals surface area (Å²) in [7, 11) is 0. The summed E-state index contributed by atoms with van der Waals surface area (Å²) in [6.45, 7) is 6.17. The Hall–Kier alpha value is -1.79. The number of alkyl halides is 2. The second-order valence-electron chi connectivity index (χ2n) is 6.72. The van der Waals surface area contributed by atoms with Crippen molar-refractivity contribution in [2.75, 3.05) is 26.3 Å². The number of benzene rings is 2. The van der Waals surface area contributed by atoms with E-state index < -0.39 is 4.84 Å². The van der Waals surface area contributed by atoms with Crippen LogP contribution in [0.2, 0.25) is 0 Å². The number of nitrogens with zero attached hydrogens (tertiary/aromatic N) is 1. The summed E-state index contributed by atoms with van der Waals surface area (Å²) in [5.74, 6) is 1.14. The zero-order valence-corrected chi connectivity index (χ0v) is 19.0. The maximum absolute atomic E-state index is 12.7. The molecule has 1 amide bonds. The highest BCUT2D eigenvalue weighted by atomic mass is 35.5. The van der Waals surface area contributed by atoms with Crippen LogP contribution in [0.1, 0.15) is 38.4 Å². The van der Waals surface area contributed by atoms with Crippen molar-refractivity contribution in [2.45, 2.75) is 37.7 Å². The van der Waals surface area contributed by atoms with Crippen LogP contribution in [-0.2, 0) is 9.53 Å². The van der Waals surface area contributed by atoms with Gasteiger partial charge in [0, 0.05) is 13.2 Å². The van der Waals surface area contributed by atoms with E-state index in [2.05, 4.69) is 12.2 Å². The molecule has 0 fully saturated rings. The SMILES string of the molecule is CCCCNC(c1ccc(Oc2ccccc2)cc1)N(CCOCC)C(=O)C(Cl)Cl. The molecule has 0 saturated carbocycles. The van der Waals surface area contributed by atoms with Gasteiger partial charge in [-0.3, -0.25) is 10.1 Å². The van der Waals surface area contributed by atoms with E-state index in [1.165, 1.54) is 0 Å². The standard InChI is InChI=1S/C23H30Cl2N2O3/c1-3-5-15-26-22(27(16-17-29-4-2)23(28)21(24)25)18-11-13-20(14-12-18)30-19-9-7-6-8-10-19/h6-14,21-22,26H,3-5,15-17H2,1-2H3. The Morgan fingerprint density at radius 2 is 1.70 bits per heavy atom. The maximum atomic E-state index is 12.7. The quantitative estimate of drug-likeness (QED) is 0.246. The molecule has 0 heterocycles. The molecule has 2 rings (SSSR count). The Morgan fingerprint density at radius 1 is 1.03 bits per heavy atom.